The van der Waals surface area contributed by atoms with Crippen LogP contribution in [0.4, 0.5) is 0 Å². The van der Waals surface area contributed by atoms with E-state index in [1.54, 1.807) is 0 Å². The molecule has 4 nitrogen and oxygen atoms in total. The zero-order valence-electron chi connectivity index (χ0n) is 17.1. The number of aryl methyl sites for hydroxylation is 2. The van der Waals surface area contributed by atoms with Gasteiger partial charge in [-0.25, -0.2) is 4.98 Å². The van der Waals surface area contributed by atoms with Gasteiger partial charge in [-0.3, -0.25) is 0 Å². The first-order chi connectivity index (χ1) is 14.2. The molecule has 0 saturated heterocycles. The van der Waals surface area contributed by atoms with Gasteiger partial charge in [0.2, 0.25) is 0 Å². The third kappa shape index (κ3) is 4.84. The second-order valence-corrected chi connectivity index (χ2v) is 7.44. The van der Waals surface area contributed by atoms with Gasteiger partial charge in [0, 0.05) is 24.5 Å². The fraction of sp³-hybridized carbons (Fsp3) is 0.240. The van der Waals surface area contributed by atoms with Crippen molar-refractivity contribution in [3.8, 4) is 17.0 Å². The van der Waals surface area contributed by atoms with Crippen molar-refractivity contribution in [1.82, 2.24) is 14.7 Å². The Morgan fingerprint density at radius 3 is 2.52 bits per heavy atom. The smallest absolute Gasteiger partial charge is 0.140 e. The lowest BCUT2D eigenvalue weighted by molar-refractivity contribution is 0.308. The van der Waals surface area contributed by atoms with Crippen LogP contribution in [-0.4, -0.2) is 22.5 Å². The first-order valence-electron chi connectivity index (χ1n) is 10.1. The van der Waals surface area contributed by atoms with Crippen molar-refractivity contribution in [2.75, 3.05) is 13.2 Å². The maximum absolute atomic E-state index is 5.88. The molecular formula is C25H27N3O. The minimum absolute atomic E-state index is 0.702. The first kappa shape index (κ1) is 19.2. The van der Waals surface area contributed by atoms with Gasteiger partial charge in [0.1, 0.15) is 11.4 Å². The number of ether oxygens (including phenoxy) is 1. The quantitative estimate of drug-likeness (QED) is 0.425. The zero-order valence-corrected chi connectivity index (χ0v) is 17.1. The summed E-state index contributed by atoms with van der Waals surface area (Å²) in [6.45, 7) is 6.73. The van der Waals surface area contributed by atoms with Crippen molar-refractivity contribution in [2.45, 2.75) is 26.8 Å². The number of hydrogen-bond acceptors (Lipinski definition) is 3. The Morgan fingerprint density at radius 2 is 1.76 bits per heavy atom. The number of fused-ring (bicyclic) bond motifs is 1. The number of pyridine rings is 1. The molecular weight excluding hydrogens is 358 g/mol. The van der Waals surface area contributed by atoms with Crippen molar-refractivity contribution in [2.24, 2.45) is 0 Å². The number of nitrogens with zero attached hydrogens (tertiary/aromatic N) is 2. The van der Waals surface area contributed by atoms with Gasteiger partial charge < -0.3 is 14.5 Å². The van der Waals surface area contributed by atoms with Gasteiger partial charge in [-0.1, -0.05) is 35.9 Å². The number of benzene rings is 2. The van der Waals surface area contributed by atoms with Crippen LogP contribution in [-0.2, 0) is 6.54 Å². The summed E-state index contributed by atoms with van der Waals surface area (Å²) < 4.78 is 7.95. The van der Waals surface area contributed by atoms with Crippen molar-refractivity contribution in [3.05, 3.63) is 89.7 Å². The van der Waals surface area contributed by atoms with Crippen molar-refractivity contribution >= 4 is 5.65 Å². The highest BCUT2D eigenvalue weighted by atomic mass is 16.5. The molecule has 0 saturated carbocycles. The summed E-state index contributed by atoms with van der Waals surface area (Å²) in [5.74, 6) is 0.896. The Bertz CT molecular complexity index is 1070. The summed E-state index contributed by atoms with van der Waals surface area (Å²) in [4.78, 5) is 4.75. The number of imidazole rings is 1. The van der Waals surface area contributed by atoms with Gasteiger partial charge in [0.25, 0.3) is 0 Å². The largest absolute Gasteiger partial charge is 0.494 e. The molecule has 4 aromatic rings. The van der Waals surface area contributed by atoms with Gasteiger partial charge in [0.05, 0.1) is 12.3 Å². The topological polar surface area (TPSA) is 38.6 Å². The average molecular weight is 386 g/mol. The van der Waals surface area contributed by atoms with Crippen LogP contribution in [0.2, 0.25) is 0 Å². The fourth-order valence-electron chi connectivity index (χ4n) is 3.34. The van der Waals surface area contributed by atoms with Crippen LogP contribution >= 0.6 is 0 Å². The first-order valence-corrected chi connectivity index (χ1v) is 10.1. The fourth-order valence-corrected chi connectivity index (χ4v) is 3.34. The van der Waals surface area contributed by atoms with Gasteiger partial charge in [-0.05, 0) is 68.3 Å². The molecule has 1 N–H and O–H groups in total. The normalized spacial score (nSPS) is 11.1. The predicted octanol–water partition coefficient (Wildman–Crippen LogP) is 5.18. The molecule has 0 atom stereocenters. The third-order valence-electron chi connectivity index (χ3n) is 5.04. The van der Waals surface area contributed by atoms with E-state index in [0.29, 0.717) is 6.61 Å². The molecule has 2 heterocycles. The van der Waals surface area contributed by atoms with Crippen LogP contribution < -0.4 is 10.1 Å². The van der Waals surface area contributed by atoms with E-state index in [9.17, 15) is 0 Å². The van der Waals surface area contributed by atoms with Gasteiger partial charge in [-0.2, -0.15) is 0 Å². The van der Waals surface area contributed by atoms with Crippen LogP contribution in [0.5, 0.6) is 5.75 Å². The molecule has 0 radical (unpaired) electrons. The molecule has 0 bridgehead atoms. The average Bonchev–Trinajstić information content (AvgIpc) is 3.18. The lowest BCUT2D eigenvalue weighted by atomic mass is 10.1. The van der Waals surface area contributed by atoms with E-state index in [-0.39, 0.29) is 0 Å². The highest BCUT2D eigenvalue weighted by Gasteiger charge is 2.06. The van der Waals surface area contributed by atoms with Crippen molar-refractivity contribution < 1.29 is 4.74 Å². The maximum Gasteiger partial charge on any atom is 0.140 e. The Labute approximate surface area is 172 Å². The Kier molecular flexibility index (Phi) is 5.92. The molecule has 29 heavy (non-hydrogen) atoms. The minimum atomic E-state index is 0.702. The molecule has 0 aliphatic carbocycles. The van der Waals surface area contributed by atoms with Gasteiger partial charge in [0.15, 0.2) is 0 Å². The Balaban J connectivity index is 1.24. The van der Waals surface area contributed by atoms with E-state index in [1.807, 2.05) is 24.4 Å². The van der Waals surface area contributed by atoms with E-state index in [1.165, 1.54) is 16.7 Å². The zero-order chi connectivity index (χ0) is 20.1. The minimum Gasteiger partial charge on any atom is -0.494 e. The van der Waals surface area contributed by atoms with E-state index in [0.717, 1.165) is 42.2 Å². The summed E-state index contributed by atoms with van der Waals surface area (Å²) >= 11 is 0. The second-order valence-electron chi connectivity index (χ2n) is 7.44. The summed E-state index contributed by atoms with van der Waals surface area (Å²) in [6, 6.07) is 20.9. The summed E-state index contributed by atoms with van der Waals surface area (Å²) in [5, 5.41) is 3.46. The van der Waals surface area contributed by atoms with E-state index in [2.05, 4.69) is 72.2 Å². The predicted molar refractivity (Wildman–Crippen MR) is 118 cm³/mol. The number of rotatable bonds is 8. The standard InChI is InChI=1S/C25H27N3O/c1-19-6-8-21(9-7-19)17-26-14-4-16-29-23-12-10-22(11-13-23)24-18-28-15-3-5-20(2)25(28)27-24/h3,5-13,15,18,26H,4,14,16-17H2,1-2H3. The van der Waals surface area contributed by atoms with Gasteiger partial charge in [-0.15, -0.1) is 0 Å². The van der Waals surface area contributed by atoms with Crippen molar-refractivity contribution in [3.63, 3.8) is 0 Å². The van der Waals surface area contributed by atoms with Crippen LogP contribution in [0, 0.1) is 13.8 Å². The van der Waals surface area contributed by atoms with Crippen LogP contribution in [0.1, 0.15) is 23.1 Å². The molecule has 0 amide bonds. The SMILES string of the molecule is Cc1ccc(CNCCCOc2ccc(-c3cn4cccc(C)c4n3)cc2)cc1. The van der Waals surface area contributed by atoms with Crippen molar-refractivity contribution in [1.29, 1.82) is 0 Å². The molecule has 148 valence electrons. The summed E-state index contributed by atoms with van der Waals surface area (Å²) in [7, 11) is 0. The Morgan fingerprint density at radius 1 is 0.966 bits per heavy atom. The molecule has 0 fully saturated rings. The monoisotopic (exact) mass is 385 g/mol. The van der Waals surface area contributed by atoms with Crippen LogP contribution in [0.3, 0.4) is 0 Å². The summed E-state index contributed by atoms with van der Waals surface area (Å²) in [5.41, 5.74) is 6.86. The third-order valence-corrected chi connectivity index (χ3v) is 5.04. The number of hydrogen-bond donors (Lipinski definition) is 1. The number of aromatic nitrogens is 2. The molecule has 4 rings (SSSR count). The molecule has 0 aliphatic heterocycles. The van der Waals surface area contributed by atoms with Gasteiger partial charge >= 0.3 is 0 Å². The highest BCUT2D eigenvalue weighted by molar-refractivity contribution is 5.64. The second kappa shape index (κ2) is 8.93. The molecule has 0 aliphatic rings. The Hall–Kier alpha value is -3.11. The lowest BCUT2D eigenvalue weighted by Crippen LogP contribution is -2.17. The van der Waals surface area contributed by atoms with E-state index < -0.39 is 0 Å². The molecule has 4 heteroatoms. The van der Waals surface area contributed by atoms with Crippen LogP contribution in [0.25, 0.3) is 16.9 Å². The van der Waals surface area contributed by atoms with E-state index >= 15 is 0 Å². The molecule has 2 aromatic carbocycles. The molecule has 0 unspecified atom stereocenters. The van der Waals surface area contributed by atoms with Crippen LogP contribution in [0.15, 0.2) is 73.1 Å². The molecule has 0 spiro atoms. The van der Waals surface area contributed by atoms with E-state index in [4.69, 9.17) is 9.72 Å². The maximum atomic E-state index is 5.88. The lowest BCUT2D eigenvalue weighted by Gasteiger charge is -2.08. The number of nitrogens with one attached hydrogen (secondary N) is 1. The highest BCUT2D eigenvalue weighted by Crippen LogP contribution is 2.23. The molecule has 2 aromatic heterocycles. The summed E-state index contributed by atoms with van der Waals surface area (Å²) in [6.07, 6.45) is 5.07.